The molecular weight excluding hydrogens is 652 g/mol. The Balaban J connectivity index is 1.07. The molecule has 8 heteroatoms. The van der Waals surface area contributed by atoms with Crippen LogP contribution in [0.1, 0.15) is 85.1 Å². The van der Waals surface area contributed by atoms with Crippen molar-refractivity contribution in [1.82, 2.24) is 9.80 Å². The standard InChI is InChI=1S/C44H46N2O6/c47-37(51-43-39(45-27-13-3-14-28-45)33-21-9-11-23-35(33)49-41(43)31-17-5-1-6-18-31)25-26-38(48)52-44-40(46-29-15-4-16-30-46)34-22-10-12-24-36(34)50-42(44)32-19-7-2-8-20-32/h1-2,5-12,17-26,39-44H,3-4,13-16,27-30H2/b26-25-. The van der Waals surface area contributed by atoms with Gasteiger partial charge < -0.3 is 18.9 Å². The zero-order chi connectivity index (χ0) is 35.3. The molecule has 2 saturated heterocycles. The highest BCUT2D eigenvalue weighted by Crippen LogP contribution is 2.47. The summed E-state index contributed by atoms with van der Waals surface area (Å²) in [5.41, 5.74) is 3.86. The minimum Gasteiger partial charge on any atom is -0.481 e. The Morgan fingerprint density at radius 1 is 0.500 bits per heavy atom. The number of likely N-dealkylation sites (tertiary alicyclic amines) is 2. The minimum atomic E-state index is -0.641. The molecule has 52 heavy (non-hydrogen) atoms. The summed E-state index contributed by atoms with van der Waals surface area (Å²) in [6.07, 6.45) is 6.76. The second kappa shape index (κ2) is 15.8. The largest absolute Gasteiger partial charge is 0.481 e. The Labute approximate surface area is 305 Å². The number of carbonyl (C=O) groups excluding carboxylic acids is 2. The lowest BCUT2D eigenvalue weighted by Crippen LogP contribution is -2.47. The molecule has 0 amide bonds. The monoisotopic (exact) mass is 698 g/mol. The van der Waals surface area contributed by atoms with E-state index < -0.39 is 36.4 Å². The van der Waals surface area contributed by atoms with Gasteiger partial charge in [-0.3, -0.25) is 9.80 Å². The smallest absolute Gasteiger partial charge is 0.331 e. The maximum Gasteiger partial charge on any atom is 0.331 e. The molecule has 4 aliphatic rings. The summed E-state index contributed by atoms with van der Waals surface area (Å²) in [7, 11) is 0. The molecule has 0 bridgehead atoms. The Bertz CT molecular complexity index is 1720. The normalized spacial score (nSPS) is 26.3. The first kappa shape index (κ1) is 34.2. The molecular formula is C44H46N2O6. The van der Waals surface area contributed by atoms with Gasteiger partial charge in [-0.15, -0.1) is 0 Å². The number of carbonyl (C=O) groups is 2. The summed E-state index contributed by atoms with van der Waals surface area (Å²) in [5, 5.41) is 0. The predicted octanol–water partition coefficient (Wildman–Crippen LogP) is 8.09. The van der Waals surface area contributed by atoms with Crippen LogP contribution in [0, 0.1) is 0 Å². The third-order valence-electron chi connectivity index (χ3n) is 10.9. The topological polar surface area (TPSA) is 77.5 Å². The lowest BCUT2D eigenvalue weighted by molar-refractivity contribution is -0.159. The van der Waals surface area contributed by atoms with Crippen molar-refractivity contribution in [2.75, 3.05) is 26.2 Å². The maximum absolute atomic E-state index is 13.8. The molecule has 6 atom stereocenters. The molecule has 2 fully saturated rings. The van der Waals surface area contributed by atoms with Crippen molar-refractivity contribution in [2.45, 2.75) is 75.0 Å². The average Bonchev–Trinajstić information content (AvgIpc) is 3.21. The van der Waals surface area contributed by atoms with Crippen molar-refractivity contribution >= 4 is 11.9 Å². The first-order valence-corrected chi connectivity index (χ1v) is 18.8. The quantitative estimate of drug-likeness (QED) is 0.135. The van der Waals surface area contributed by atoms with Crippen LogP contribution >= 0.6 is 0 Å². The highest BCUT2D eigenvalue weighted by Gasteiger charge is 2.46. The van der Waals surface area contributed by atoms with Crippen molar-refractivity contribution in [3.05, 3.63) is 144 Å². The average molecular weight is 699 g/mol. The van der Waals surface area contributed by atoms with Gasteiger partial charge in [-0.2, -0.15) is 0 Å². The van der Waals surface area contributed by atoms with Gasteiger partial charge >= 0.3 is 11.9 Å². The van der Waals surface area contributed by atoms with Crippen molar-refractivity contribution < 1.29 is 28.5 Å². The summed E-state index contributed by atoms with van der Waals surface area (Å²) in [6.45, 7) is 3.63. The van der Waals surface area contributed by atoms with Crippen LogP contribution in [0.15, 0.2) is 121 Å². The molecule has 0 spiro atoms. The van der Waals surface area contributed by atoms with Crippen LogP contribution < -0.4 is 9.47 Å². The summed E-state index contributed by atoms with van der Waals surface area (Å²) in [6, 6.07) is 35.5. The second-order valence-electron chi connectivity index (χ2n) is 14.2. The Kier molecular flexibility index (Phi) is 10.4. The van der Waals surface area contributed by atoms with Crippen LogP contribution in [0.5, 0.6) is 11.5 Å². The number of rotatable bonds is 8. The Morgan fingerprint density at radius 3 is 1.27 bits per heavy atom. The van der Waals surface area contributed by atoms with Crippen LogP contribution in [0.2, 0.25) is 0 Å². The van der Waals surface area contributed by atoms with E-state index >= 15 is 0 Å². The molecule has 268 valence electrons. The number of nitrogens with zero attached hydrogens (tertiary/aromatic N) is 2. The van der Waals surface area contributed by atoms with Gasteiger partial charge in [-0.1, -0.05) is 110 Å². The summed E-state index contributed by atoms with van der Waals surface area (Å²) >= 11 is 0. The van der Waals surface area contributed by atoms with E-state index in [-0.39, 0.29) is 12.1 Å². The molecule has 0 aliphatic carbocycles. The zero-order valence-electron chi connectivity index (χ0n) is 29.4. The summed E-state index contributed by atoms with van der Waals surface area (Å²) < 4.78 is 25.9. The van der Waals surface area contributed by atoms with Crippen molar-refractivity contribution in [1.29, 1.82) is 0 Å². The van der Waals surface area contributed by atoms with Crippen molar-refractivity contribution in [3.63, 3.8) is 0 Å². The number of piperidine rings is 2. The van der Waals surface area contributed by atoms with Crippen molar-refractivity contribution in [2.24, 2.45) is 0 Å². The molecule has 4 aromatic carbocycles. The van der Waals surface area contributed by atoms with Crippen LogP contribution in [0.25, 0.3) is 0 Å². The van der Waals surface area contributed by atoms with E-state index in [0.29, 0.717) is 0 Å². The molecule has 0 aromatic heterocycles. The predicted molar refractivity (Wildman–Crippen MR) is 198 cm³/mol. The number of esters is 2. The van der Waals surface area contributed by atoms with Crippen LogP contribution in [0.3, 0.4) is 0 Å². The van der Waals surface area contributed by atoms with Crippen molar-refractivity contribution in [3.8, 4) is 11.5 Å². The Morgan fingerprint density at radius 2 is 0.865 bits per heavy atom. The Hall–Kier alpha value is -4.92. The number of hydrogen-bond donors (Lipinski definition) is 0. The summed E-state index contributed by atoms with van der Waals surface area (Å²) in [5.74, 6) is 0.354. The van der Waals surface area contributed by atoms with E-state index in [1.807, 2.05) is 97.1 Å². The van der Waals surface area contributed by atoms with Gasteiger partial charge in [-0.05, 0) is 75.1 Å². The molecule has 0 N–H and O–H groups in total. The van der Waals surface area contributed by atoms with E-state index in [2.05, 4.69) is 21.9 Å². The molecule has 0 radical (unpaired) electrons. The number of hydrogen-bond acceptors (Lipinski definition) is 8. The number of ether oxygens (including phenoxy) is 4. The molecule has 8 nitrogen and oxygen atoms in total. The van der Waals surface area contributed by atoms with E-state index in [1.54, 1.807) is 0 Å². The van der Waals surface area contributed by atoms with E-state index in [0.717, 1.165) is 85.6 Å². The number of para-hydroxylation sites is 2. The lowest BCUT2D eigenvalue weighted by Gasteiger charge is -2.45. The molecule has 8 rings (SSSR count). The van der Waals surface area contributed by atoms with Gasteiger partial charge in [0, 0.05) is 23.3 Å². The molecule has 4 aliphatic heterocycles. The van der Waals surface area contributed by atoms with Gasteiger partial charge in [0.1, 0.15) is 11.5 Å². The fourth-order valence-corrected chi connectivity index (χ4v) is 8.50. The lowest BCUT2D eigenvalue weighted by atomic mass is 9.87. The van der Waals surface area contributed by atoms with Crippen LogP contribution in [0.4, 0.5) is 0 Å². The molecule has 4 aromatic rings. The molecule has 4 heterocycles. The van der Waals surface area contributed by atoms with Gasteiger partial charge in [0.15, 0.2) is 24.4 Å². The van der Waals surface area contributed by atoms with Gasteiger partial charge in [-0.25, -0.2) is 9.59 Å². The first-order chi connectivity index (χ1) is 25.6. The SMILES string of the molecule is O=C(/C=C\C(=O)OC1C(c2ccccc2)Oc2ccccc2C1N1CCCCC1)OC1C(c2ccccc2)Oc2ccccc2C1N1CCCCC1. The highest BCUT2D eigenvalue weighted by molar-refractivity contribution is 5.92. The van der Waals surface area contributed by atoms with E-state index in [4.69, 9.17) is 18.9 Å². The second-order valence-corrected chi connectivity index (χ2v) is 14.2. The first-order valence-electron chi connectivity index (χ1n) is 18.8. The van der Waals surface area contributed by atoms with Gasteiger partial charge in [0.2, 0.25) is 0 Å². The molecule has 0 saturated carbocycles. The maximum atomic E-state index is 13.8. The van der Waals surface area contributed by atoms with Gasteiger partial charge in [0.05, 0.1) is 12.1 Å². The molecule has 6 unspecified atom stereocenters. The highest BCUT2D eigenvalue weighted by atomic mass is 16.6. The zero-order valence-corrected chi connectivity index (χ0v) is 29.4. The van der Waals surface area contributed by atoms with Crippen LogP contribution in [-0.2, 0) is 19.1 Å². The summed E-state index contributed by atoms with van der Waals surface area (Å²) in [4.78, 5) is 32.4. The minimum absolute atomic E-state index is 0.198. The van der Waals surface area contributed by atoms with E-state index in [1.165, 1.54) is 25.0 Å². The third kappa shape index (κ3) is 7.23. The van der Waals surface area contributed by atoms with E-state index in [9.17, 15) is 9.59 Å². The van der Waals surface area contributed by atoms with Gasteiger partial charge in [0.25, 0.3) is 0 Å². The number of fused-ring (bicyclic) bond motifs is 2. The third-order valence-corrected chi connectivity index (χ3v) is 10.9. The van der Waals surface area contributed by atoms with Crippen LogP contribution in [-0.4, -0.2) is 60.1 Å². The number of benzene rings is 4. The fourth-order valence-electron chi connectivity index (χ4n) is 8.50. The fraction of sp³-hybridized carbons (Fsp3) is 0.364.